The largest absolute Gasteiger partial charge is 0.462 e. The first kappa shape index (κ1) is 16.8. The fourth-order valence-corrected chi connectivity index (χ4v) is 2.43. The van der Waals surface area contributed by atoms with Gasteiger partial charge in [0.05, 0.1) is 6.61 Å². The topological polar surface area (TPSA) is 94.4 Å². The van der Waals surface area contributed by atoms with Gasteiger partial charge in [0.1, 0.15) is 17.8 Å². The summed E-state index contributed by atoms with van der Waals surface area (Å²) < 4.78 is 28.5. The van der Waals surface area contributed by atoms with Gasteiger partial charge in [0.25, 0.3) is 11.6 Å². The lowest BCUT2D eigenvalue weighted by Gasteiger charge is -2.07. The molecule has 0 radical (unpaired) electrons. The first-order valence-electron chi connectivity index (χ1n) is 7.50. The van der Waals surface area contributed by atoms with Gasteiger partial charge < -0.3 is 13.9 Å². The third-order valence-electron chi connectivity index (χ3n) is 3.48. The molecule has 25 heavy (non-hydrogen) atoms. The Balaban J connectivity index is 2.04. The van der Waals surface area contributed by atoms with Crippen molar-refractivity contribution in [3.05, 3.63) is 68.0 Å². The van der Waals surface area contributed by atoms with E-state index in [2.05, 4.69) is 9.97 Å². The molecule has 8 heteroatoms. The van der Waals surface area contributed by atoms with E-state index in [1.54, 1.807) is 12.1 Å². The van der Waals surface area contributed by atoms with Crippen LogP contribution in [0.4, 0.5) is 4.39 Å². The average Bonchev–Trinajstić information content (AvgIpc) is 2.54. The molecule has 2 aromatic heterocycles. The van der Waals surface area contributed by atoms with E-state index >= 15 is 0 Å². The quantitative estimate of drug-likeness (QED) is 0.682. The van der Waals surface area contributed by atoms with Crippen molar-refractivity contribution < 1.29 is 18.3 Å². The second-order valence-electron chi connectivity index (χ2n) is 5.29. The van der Waals surface area contributed by atoms with Gasteiger partial charge in [-0.15, -0.1) is 0 Å². The van der Waals surface area contributed by atoms with E-state index in [4.69, 9.17) is 13.9 Å². The number of H-pyrrole nitrogens is 1. The van der Waals surface area contributed by atoms with Gasteiger partial charge in [0.15, 0.2) is 0 Å². The van der Waals surface area contributed by atoms with Gasteiger partial charge in [0.2, 0.25) is 5.71 Å². The summed E-state index contributed by atoms with van der Waals surface area (Å²) in [6.45, 7) is 0.490. The number of methoxy groups -OCH3 is 1. The first-order valence-corrected chi connectivity index (χ1v) is 7.50. The summed E-state index contributed by atoms with van der Waals surface area (Å²) >= 11 is 0. The van der Waals surface area contributed by atoms with Crippen molar-refractivity contribution in [3.63, 3.8) is 0 Å². The van der Waals surface area contributed by atoms with Crippen LogP contribution >= 0.6 is 0 Å². The van der Waals surface area contributed by atoms with Gasteiger partial charge in [0, 0.05) is 13.2 Å². The van der Waals surface area contributed by atoms with Crippen LogP contribution in [-0.2, 0) is 11.2 Å². The SMILES string of the molecule is COCCOc1nc2oc(=O)cc(Cc3cccc(F)c3)c2c(=O)[nH]1. The van der Waals surface area contributed by atoms with Gasteiger partial charge >= 0.3 is 5.63 Å². The standard InChI is InChI=1S/C17H15FN2O5/c1-23-5-6-24-17-19-15(22)14-11(9-13(21)25-16(14)20-17)7-10-3-2-4-12(18)8-10/h2-4,8-9H,5-7H2,1H3,(H,19,20,22). The highest BCUT2D eigenvalue weighted by atomic mass is 19.1. The Bertz CT molecular complexity index is 1010. The normalized spacial score (nSPS) is 11.0. The van der Waals surface area contributed by atoms with Crippen LogP contribution in [0.3, 0.4) is 0 Å². The van der Waals surface area contributed by atoms with Crippen LogP contribution in [0.1, 0.15) is 11.1 Å². The van der Waals surface area contributed by atoms with E-state index < -0.39 is 17.0 Å². The van der Waals surface area contributed by atoms with E-state index in [1.165, 1.54) is 25.3 Å². The van der Waals surface area contributed by atoms with Crippen molar-refractivity contribution in [2.45, 2.75) is 6.42 Å². The molecule has 1 aromatic carbocycles. The number of nitrogens with one attached hydrogen (secondary N) is 1. The number of benzene rings is 1. The van der Waals surface area contributed by atoms with Gasteiger partial charge in [-0.25, -0.2) is 9.18 Å². The molecule has 7 nitrogen and oxygen atoms in total. The summed E-state index contributed by atoms with van der Waals surface area (Å²) in [6, 6.07) is 7.05. The predicted octanol–water partition coefficient (Wildman–Crippen LogP) is 1.63. The van der Waals surface area contributed by atoms with Crippen molar-refractivity contribution in [1.82, 2.24) is 9.97 Å². The molecule has 130 valence electrons. The molecule has 3 rings (SSSR count). The Kier molecular flexibility index (Phi) is 4.90. The first-order chi connectivity index (χ1) is 12.1. The minimum Gasteiger partial charge on any atom is -0.462 e. The number of aromatic nitrogens is 2. The minimum absolute atomic E-state index is 0.0689. The number of hydrogen-bond acceptors (Lipinski definition) is 6. The van der Waals surface area contributed by atoms with Gasteiger partial charge in [-0.3, -0.25) is 9.78 Å². The summed E-state index contributed by atoms with van der Waals surface area (Å²) in [5.74, 6) is -0.398. The molecule has 0 saturated heterocycles. The molecule has 1 N–H and O–H groups in total. The number of aromatic amines is 1. The molecule has 0 spiro atoms. The lowest BCUT2D eigenvalue weighted by atomic mass is 10.0. The molecular weight excluding hydrogens is 331 g/mol. The van der Waals surface area contributed by atoms with E-state index in [-0.39, 0.29) is 30.1 Å². The fourth-order valence-electron chi connectivity index (χ4n) is 2.43. The van der Waals surface area contributed by atoms with Gasteiger partial charge in [-0.1, -0.05) is 12.1 Å². The van der Waals surface area contributed by atoms with E-state index in [0.717, 1.165) is 0 Å². The van der Waals surface area contributed by atoms with Crippen molar-refractivity contribution in [1.29, 1.82) is 0 Å². The van der Waals surface area contributed by atoms with Crippen LogP contribution in [0.5, 0.6) is 6.01 Å². The molecule has 0 saturated carbocycles. The summed E-state index contributed by atoms with van der Waals surface area (Å²) in [4.78, 5) is 30.7. The maximum atomic E-state index is 13.4. The van der Waals surface area contributed by atoms with Crippen molar-refractivity contribution in [2.24, 2.45) is 0 Å². The van der Waals surface area contributed by atoms with Crippen molar-refractivity contribution >= 4 is 11.1 Å². The average molecular weight is 346 g/mol. The summed E-state index contributed by atoms with van der Waals surface area (Å²) in [7, 11) is 1.51. The van der Waals surface area contributed by atoms with E-state index in [0.29, 0.717) is 17.7 Å². The predicted molar refractivity (Wildman–Crippen MR) is 87.5 cm³/mol. The summed E-state index contributed by atoms with van der Waals surface area (Å²) in [5, 5.41) is 0.128. The molecule has 0 atom stereocenters. The molecule has 0 bridgehead atoms. The zero-order chi connectivity index (χ0) is 17.8. The zero-order valence-corrected chi connectivity index (χ0v) is 13.4. The van der Waals surface area contributed by atoms with Gasteiger partial charge in [-0.05, 0) is 29.7 Å². The Morgan fingerprint density at radius 1 is 1.24 bits per heavy atom. The smallest absolute Gasteiger partial charge is 0.337 e. The monoisotopic (exact) mass is 346 g/mol. The number of halogens is 1. The zero-order valence-electron chi connectivity index (χ0n) is 13.4. The lowest BCUT2D eigenvalue weighted by Crippen LogP contribution is -2.16. The van der Waals surface area contributed by atoms with Crippen LogP contribution in [0.25, 0.3) is 11.1 Å². The van der Waals surface area contributed by atoms with Crippen LogP contribution in [0.2, 0.25) is 0 Å². The maximum absolute atomic E-state index is 13.4. The molecule has 3 aromatic rings. The number of fused-ring (bicyclic) bond motifs is 1. The Hall–Kier alpha value is -3.00. The second kappa shape index (κ2) is 7.27. The Morgan fingerprint density at radius 3 is 2.84 bits per heavy atom. The lowest BCUT2D eigenvalue weighted by molar-refractivity contribution is 0.140. The molecule has 0 fully saturated rings. The molecule has 2 heterocycles. The summed E-state index contributed by atoms with van der Waals surface area (Å²) in [6.07, 6.45) is 0.189. The van der Waals surface area contributed by atoms with E-state index in [1.807, 2.05) is 0 Å². The maximum Gasteiger partial charge on any atom is 0.337 e. The molecule has 0 unspecified atom stereocenters. The van der Waals surface area contributed by atoms with Crippen molar-refractivity contribution in [3.8, 4) is 6.01 Å². The molecular formula is C17H15FN2O5. The van der Waals surface area contributed by atoms with E-state index in [9.17, 15) is 14.0 Å². The Labute approximate surface area is 141 Å². The summed E-state index contributed by atoms with van der Waals surface area (Å²) in [5.41, 5.74) is -0.275. The molecule has 0 amide bonds. The number of hydrogen-bond donors (Lipinski definition) is 1. The van der Waals surface area contributed by atoms with Crippen LogP contribution in [0, 0.1) is 5.82 Å². The number of nitrogens with zero attached hydrogens (tertiary/aromatic N) is 1. The highest BCUT2D eigenvalue weighted by Crippen LogP contribution is 2.17. The van der Waals surface area contributed by atoms with Gasteiger partial charge in [-0.2, -0.15) is 4.98 Å². The highest BCUT2D eigenvalue weighted by Gasteiger charge is 2.14. The van der Waals surface area contributed by atoms with Crippen LogP contribution in [-0.4, -0.2) is 30.3 Å². The third kappa shape index (κ3) is 3.92. The number of rotatable bonds is 6. The number of ether oxygens (including phenoxy) is 2. The molecule has 0 aliphatic rings. The van der Waals surface area contributed by atoms with Crippen molar-refractivity contribution in [2.75, 3.05) is 20.3 Å². The van der Waals surface area contributed by atoms with Crippen LogP contribution < -0.4 is 15.9 Å². The molecule has 0 aliphatic heterocycles. The second-order valence-corrected chi connectivity index (χ2v) is 5.29. The molecule has 0 aliphatic carbocycles. The fraction of sp³-hybridized carbons (Fsp3) is 0.235. The minimum atomic E-state index is -0.653. The third-order valence-corrected chi connectivity index (χ3v) is 3.48. The van der Waals surface area contributed by atoms with Crippen LogP contribution in [0.15, 0.2) is 44.3 Å². The Morgan fingerprint density at radius 2 is 2.08 bits per heavy atom. The highest BCUT2D eigenvalue weighted by molar-refractivity contribution is 5.76.